The predicted molar refractivity (Wildman–Crippen MR) is 104 cm³/mol. The lowest BCUT2D eigenvalue weighted by Crippen LogP contribution is -2.37. The van der Waals surface area contributed by atoms with Crippen LogP contribution in [0, 0.1) is 10.1 Å². The van der Waals surface area contributed by atoms with Crippen LogP contribution in [0.3, 0.4) is 0 Å². The number of anilines is 2. The molecule has 0 aliphatic carbocycles. The Hall–Kier alpha value is -2.93. The van der Waals surface area contributed by atoms with E-state index >= 15 is 0 Å². The van der Waals surface area contributed by atoms with Gasteiger partial charge in [-0.1, -0.05) is 30.3 Å². The number of carbonyl (C=O) groups excluding carboxylic acids is 1. The lowest BCUT2D eigenvalue weighted by atomic mass is 9.86. The first-order valence-electron chi connectivity index (χ1n) is 8.84. The van der Waals surface area contributed by atoms with E-state index < -0.39 is 10.3 Å². The molecule has 142 valence electrons. The number of hydrogen-bond donors (Lipinski definition) is 1. The van der Waals surface area contributed by atoms with Gasteiger partial charge in [0.05, 0.1) is 22.6 Å². The van der Waals surface area contributed by atoms with E-state index in [1.54, 1.807) is 11.0 Å². The van der Waals surface area contributed by atoms with Crippen LogP contribution in [-0.4, -0.2) is 24.0 Å². The Morgan fingerprint density at radius 2 is 1.93 bits per heavy atom. The van der Waals surface area contributed by atoms with Gasteiger partial charge in [0.2, 0.25) is 5.91 Å². The molecule has 0 unspecified atom stereocenters. The number of benzene rings is 2. The van der Waals surface area contributed by atoms with Gasteiger partial charge in [-0.2, -0.15) is 0 Å². The van der Waals surface area contributed by atoms with Gasteiger partial charge in [0.1, 0.15) is 5.69 Å². The molecule has 0 fully saturated rings. The Kier molecular flexibility index (Phi) is 5.14. The number of nitrogens with two attached hydrogens (primary N) is 1. The summed E-state index contributed by atoms with van der Waals surface area (Å²) in [5, 5.41) is 11.2. The molecule has 2 aromatic carbocycles. The smallest absolute Gasteiger partial charge is 0.294 e. The highest BCUT2D eigenvalue weighted by Crippen LogP contribution is 2.45. The Morgan fingerprint density at radius 1 is 1.22 bits per heavy atom. The Labute approximate surface area is 157 Å². The molecule has 0 aromatic heterocycles. The van der Waals surface area contributed by atoms with E-state index in [0.717, 1.165) is 11.1 Å². The van der Waals surface area contributed by atoms with Crippen molar-refractivity contribution in [2.45, 2.75) is 32.3 Å². The third-order valence-electron chi connectivity index (χ3n) is 4.87. The van der Waals surface area contributed by atoms with E-state index in [1.807, 2.05) is 44.2 Å². The van der Waals surface area contributed by atoms with Crippen molar-refractivity contribution in [3.63, 3.8) is 0 Å². The Balaban J connectivity index is 1.68. The molecule has 0 atom stereocenters. The lowest BCUT2D eigenvalue weighted by molar-refractivity contribution is -0.383. The summed E-state index contributed by atoms with van der Waals surface area (Å²) < 4.78 is 5.67. The van der Waals surface area contributed by atoms with Gasteiger partial charge < -0.3 is 15.4 Å². The van der Waals surface area contributed by atoms with E-state index in [2.05, 4.69) is 0 Å². The van der Waals surface area contributed by atoms with Crippen molar-refractivity contribution >= 4 is 23.0 Å². The summed E-state index contributed by atoms with van der Waals surface area (Å²) in [4.78, 5) is 25.1. The van der Waals surface area contributed by atoms with Gasteiger partial charge in [-0.15, -0.1) is 0 Å². The molecule has 1 aliphatic rings. The first-order chi connectivity index (χ1) is 12.8. The molecule has 3 rings (SSSR count). The van der Waals surface area contributed by atoms with Gasteiger partial charge in [-0.25, -0.2) is 0 Å². The number of hydrogen-bond acceptors (Lipinski definition) is 5. The standard InChI is InChI=1S/C20H23N3O4/c1-20(2)15-11-16(21)18(23(25)26)12-17(15)22(19(20)24)9-6-10-27-13-14-7-4-3-5-8-14/h3-5,7-8,11-12H,6,9-10,13,21H2,1-2H3. The zero-order valence-electron chi connectivity index (χ0n) is 15.5. The molecule has 0 saturated heterocycles. The molecule has 2 N–H and O–H groups in total. The molecular weight excluding hydrogens is 346 g/mol. The molecule has 7 heteroatoms. The van der Waals surface area contributed by atoms with Crippen LogP contribution in [0.2, 0.25) is 0 Å². The fourth-order valence-corrected chi connectivity index (χ4v) is 3.35. The molecular formula is C20H23N3O4. The third kappa shape index (κ3) is 3.64. The van der Waals surface area contributed by atoms with Crippen LogP contribution in [0.15, 0.2) is 42.5 Å². The number of nitro benzene ring substituents is 1. The SMILES string of the molecule is CC1(C)C(=O)N(CCCOCc2ccccc2)c2cc([N+](=O)[O-])c(N)cc21. The highest BCUT2D eigenvalue weighted by molar-refractivity contribution is 6.08. The number of fused-ring (bicyclic) bond motifs is 1. The van der Waals surface area contributed by atoms with Crippen LogP contribution in [0.5, 0.6) is 0 Å². The molecule has 27 heavy (non-hydrogen) atoms. The first kappa shape index (κ1) is 18.8. The van der Waals surface area contributed by atoms with Crippen LogP contribution in [0.4, 0.5) is 17.1 Å². The van der Waals surface area contributed by atoms with Crippen molar-refractivity contribution in [1.82, 2.24) is 0 Å². The van der Waals surface area contributed by atoms with Crippen LogP contribution in [0.25, 0.3) is 0 Å². The van der Waals surface area contributed by atoms with Gasteiger partial charge in [0.15, 0.2) is 0 Å². The van der Waals surface area contributed by atoms with Crippen LogP contribution in [0.1, 0.15) is 31.4 Å². The minimum Gasteiger partial charge on any atom is -0.393 e. The molecule has 0 radical (unpaired) electrons. The number of nitro groups is 1. The largest absolute Gasteiger partial charge is 0.393 e. The molecule has 0 bridgehead atoms. The van der Waals surface area contributed by atoms with E-state index in [0.29, 0.717) is 31.9 Å². The van der Waals surface area contributed by atoms with Crippen LogP contribution < -0.4 is 10.6 Å². The van der Waals surface area contributed by atoms with Crippen molar-refractivity contribution < 1.29 is 14.5 Å². The quantitative estimate of drug-likeness (QED) is 0.349. The average molecular weight is 369 g/mol. The van der Waals surface area contributed by atoms with Gasteiger partial charge in [0.25, 0.3) is 5.69 Å². The fourth-order valence-electron chi connectivity index (χ4n) is 3.35. The monoisotopic (exact) mass is 369 g/mol. The molecule has 1 amide bonds. The van der Waals surface area contributed by atoms with Crippen LogP contribution >= 0.6 is 0 Å². The van der Waals surface area contributed by atoms with Crippen molar-refractivity contribution in [3.05, 3.63) is 63.7 Å². The van der Waals surface area contributed by atoms with E-state index in [4.69, 9.17) is 10.5 Å². The fraction of sp³-hybridized carbons (Fsp3) is 0.350. The summed E-state index contributed by atoms with van der Waals surface area (Å²) in [5.74, 6) is -0.0829. The van der Waals surface area contributed by atoms with Crippen LogP contribution in [-0.2, 0) is 21.6 Å². The van der Waals surface area contributed by atoms with Crippen molar-refractivity contribution in [1.29, 1.82) is 0 Å². The summed E-state index contributed by atoms with van der Waals surface area (Å²) >= 11 is 0. The van der Waals surface area contributed by atoms with Gasteiger partial charge in [-0.3, -0.25) is 14.9 Å². The second kappa shape index (κ2) is 7.36. The Bertz CT molecular complexity index is 865. The maximum atomic E-state index is 12.8. The van der Waals surface area contributed by atoms with Crippen molar-refractivity contribution in [2.24, 2.45) is 0 Å². The van der Waals surface area contributed by atoms with E-state index in [1.165, 1.54) is 6.07 Å². The summed E-state index contributed by atoms with van der Waals surface area (Å²) in [6, 6.07) is 12.8. The minimum atomic E-state index is -0.760. The summed E-state index contributed by atoms with van der Waals surface area (Å²) in [6.07, 6.45) is 0.631. The molecule has 1 heterocycles. The van der Waals surface area contributed by atoms with Crippen molar-refractivity contribution in [2.75, 3.05) is 23.8 Å². The molecule has 2 aromatic rings. The minimum absolute atomic E-state index is 0.0765. The second-order valence-electron chi connectivity index (χ2n) is 7.16. The van der Waals surface area contributed by atoms with Gasteiger partial charge in [-0.05, 0) is 37.5 Å². The number of ether oxygens (including phenoxy) is 1. The molecule has 7 nitrogen and oxygen atoms in total. The van der Waals surface area contributed by atoms with E-state index in [-0.39, 0.29) is 17.3 Å². The number of carbonyl (C=O) groups is 1. The lowest BCUT2D eigenvalue weighted by Gasteiger charge is -2.20. The normalized spacial score (nSPS) is 15.0. The third-order valence-corrected chi connectivity index (χ3v) is 4.87. The second-order valence-corrected chi connectivity index (χ2v) is 7.16. The summed E-state index contributed by atoms with van der Waals surface area (Å²) in [7, 11) is 0. The number of rotatable bonds is 7. The predicted octanol–water partition coefficient (Wildman–Crippen LogP) is 3.41. The molecule has 0 spiro atoms. The summed E-state index contributed by atoms with van der Waals surface area (Å²) in [6.45, 7) is 5.06. The zero-order valence-corrected chi connectivity index (χ0v) is 15.5. The maximum absolute atomic E-state index is 12.8. The first-order valence-corrected chi connectivity index (χ1v) is 8.84. The topological polar surface area (TPSA) is 98.7 Å². The molecule has 1 aliphatic heterocycles. The number of nitrogen functional groups attached to an aromatic ring is 1. The number of amides is 1. The van der Waals surface area contributed by atoms with Gasteiger partial charge in [0, 0.05) is 19.2 Å². The zero-order chi connectivity index (χ0) is 19.6. The van der Waals surface area contributed by atoms with Crippen molar-refractivity contribution in [3.8, 4) is 0 Å². The van der Waals surface area contributed by atoms with E-state index in [9.17, 15) is 14.9 Å². The highest BCUT2D eigenvalue weighted by Gasteiger charge is 2.44. The highest BCUT2D eigenvalue weighted by atomic mass is 16.6. The maximum Gasteiger partial charge on any atom is 0.294 e. The summed E-state index contributed by atoms with van der Waals surface area (Å²) in [5.41, 5.74) is 7.33. The number of nitrogens with zero attached hydrogens (tertiary/aromatic N) is 2. The molecule has 0 saturated carbocycles. The van der Waals surface area contributed by atoms with Gasteiger partial charge >= 0.3 is 0 Å². The Morgan fingerprint density at radius 3 is 2.59 bits per heavy atom. The average Bonchev–Trinajstić information content (AvgIpc) is 2.82.